The first kappa shape index (κ1) is 19.8. The SMILES string of the molecule is CNC(=O)c1cc(OC)c(C(C)CNc2cc(-c3ccc(C)nc3)ncn2)s1. The van der Waals surface area contributed by atoms with E-state index in [9.17, 15) is 4.79 Å². The van der Waals surface area contributed by atoms with Crippen molar-refractivity contribution in [2.24, 2.45) is 0 Å². The van der Waals surface area contributed by atoms with E-state index >= 15 is 0 Å². The van der Waals surface area contributed by atoms with Crippen LogP contribution in [0.5, 0.6) is 5.75 Å². The van der Waals surface area contributed by atoms with Crippen LogP contribution < -0.4 is 15.4 Å². The average Bonchev–Trinajstić information content (AvgIpc) is 3.17. The van der Waals surface area contributed by atoms with Crippen molar-refractivity contribution in [1.82, 2.24) is 20.3 Å². The van der Waals surface area contributed by atoms with Crippen LogP contribution in [-0.4, -0.2) is 41.6 Å². The summed E-state index contributed by atoms with van der Waals surface area (Å²) in [7, 11) is 3.24. The van der Waals surface area contributed by atoms with Crippen molar-refractivity contribution >= 4 is 23.1 Å². The monoisotopic (exact) mass is 397 g/mol. The summed E-state index contributed by atoms with van der Waals surface area (Å²) >= 11 is 1.44. The quantitative estimate of drug-likeness (QED) is 0.634. The Bertz CT molecular complexity index is 955. The number of nitrogens with zero attached hydrogens (tertiary/aromatic N) is 3. The molecule has 0 saturated heterocycles. The van der Waals surface area contributed by atoms with Gasteiger partial charge in [-0.25, -0.2) is 9.97 Å². The Hall–Kier alpha value is -3.00. The molecule has 0 aliphatic rings. The van der Waals surface area contributed by atoms with Crippen LogP contribution in [0, 0.1) is 6.92 Å². The minimum absolute atomic E-state index is 0.109. The van der Waals surface area contributed by atoms with Crippen LogP contribution in [0.3, 0.4) is 0 Å². The lowest BCUT2D eigenvalue weighted by Gasteiger charge is -2.13. The van der Waals surface area contributed by atoms with Gasteiger partial charge >= 0.3 is 0 Å². The predicted octanol–water partition coefficient (Wildman–Crippen LogP) is 3.49. The molecule has 0 aromatic carbocycles. The largest absolute Gasteiger partial charge is 0.496 e. The van der Waals surface area contributed by atoms with Crippen LogP contribution in [0.25, 0.3) is 11.3 Å². The van der Waals surface area contributed by atoms with E-state index in [-0.39, 0.29) is 11.8 Å². The summed E-state index contributed by atoms with van der Waals surface area (Å²) in [6.45, 7) is 4.68. The van der Waals surface area contributed by atoms with Gasteiger partial charge in [0.05, 0.1) is 22.6 Å². The zero-order chi connectivity index (χ0) is 20.1. The normalized spacial score (nSPS) is 11.7. The third kappa shape index (κ3) is 4.45. The summed E-state index contributed by atoms with van der Waals surface area (Å²) in [5.74, 6) is 1.49. The average molecular weight is 398 g/mol. The van der Waals surface area contributed by atoms with E-state index in [1.807, 2.05) is 25.1 Å². The second-order valence-electron chi connectivity index (χ2n) is 6.38. The molecule has 1 amide bonds. The molecule has 0 spiro atoms. The summed E-state index contributed by atoms with van der Waals surface area (Å²) in [4.78, 5) is 26.5. The van der Waals surface area contributed by atoms with Crippen LogP contribution in [0.2, 0.25) is 0 Å². The lowest BCUT2D eigenvalue weighted by molar-refractivity contribution is 0.0967. The van der Waals surface area contributed by atoms with Crippen LogP contribution in [0.4, 0.5) is 5.82 Å². The van der Waals surface area contributed by atoms with Gasteiger partial charge in [-0.05, 0) is 19.1 Å². The summed E-state index contributed by atoms with van der Waals surface area (Å²) in [5, 5.41) is 5.99. The van der Waals surface area contributed by atoms with Crippen molar-refractivity contribution in [3.05, 3.63) is 52.2 Å². The summed E-state index contributed by atoms with van der Waals surface area (Å²) in [5.41, 5.74) is 2.72. The number of anilines is 1. The lowest BCUT2D eigenvalue weighted by Crippen LogP contribution is -2.16. The van der Waals surface area contributed by atoms with Gasteiger partial charge in [0.25, 0.3) is 5.91 Å². The topological polar surface area (TPSA) is 89.0 Å². The highest BCUT2D eigenvalue weighted by atomic mass is 32.1. The third-order valence-corrected chi connectivity index (χ3v) is 5.65. The number of hydrogen-bond donors (Lipinski definition) is 2. The highest BCUT2D eigenvalue weighted by molar-refractivity contribution is 7.14. The van der Waals surface area contributed by atoms with Crippen LogP contribution >= 0.6 is 11.3 Å². The van der Waals surface area contributed by atoms with E-state index in [2.05, 4.69) is 32.5 Å². The van der Waals surface area contributed by atoms with Crippen molar-refractivity contribution in [2.75, 3.05) is 26.0 Å². The van der Waals surface area contributed by atoms with E-state index in [1.165, 1.54) is 17.7 Å². The molecule has 3 rings (SSSR count). The number of rotatable bonds is 7. The highest BCUT2D eigenvalue weighted by Crippen LogP contribution is 2.35. The molecule has 1 unspecified atom stereocenters. The first-order valence-electron chi connectivity index (χ1n) is 8.90. The van der Waals surface area contributed by atoms with Crippen molar-refractivity contribution in [3.63, 3.8) is 0 Å². The fourth-order valence-corrected chi connectivity index (χ4v) is 3.83. The predicted molar refractivity (Wildman–Crippen MR) is 111 cm³/mol. The molecule has 28 heavy (non-hydrogen) atoms. The molecule has 2 N–H and O–H groups in total. The van der Waals surface area contributed by atoms with E-state index < -0.39 is 0 Å². The number of carbonyl (C=O) groups excluding carboxylic acids is 1. The Morgan fingerprint density at radius 3 is 2.75 bits per heavy atom. The second-order valence-corrected chi connectivity index (χ2v) is 7.46. The van der Waals surface area contributed by atoms with Gasteiger partial charge in [-0.2, -0.15) is 0 Å². The minimum atomic E-state index is -0.109. The van der Waals surface area contributed by atoms with Crippen molar-refractivity contribution in [1.29, 1.82) is 0 Å². The zero-order valence-corrected chi connectivity index (χ0v) is 17.1. The maximum Gasteiger partial charge on any atom is 0.261 e. The van der Waals surface area contributed by atoms with Crippen molar-refractivity contribution in [3.8, 4) is 17.0 Å². The van der Waals surface area contributed by atoms with E-state index in [1.54, 1.807) is 26.4 Å². The number of ether oxygens (including phenoxy) is 1. The maximum absolute atomic E-state index is 11.9. The van der Waals surface area contributed by atoms with Gasteiger partial charge < -0.3 is 15.4 Å². The van der Waals surface area contributed by atoms with Gasteiger partial charge in [-0.3, -0.25) is 9.78 Å². The molecule has 8 heteroatoms. The number of pyridine rings is 1. The molecule has 3 heterocycles. The number of nitrogens with one attached hydrogen (secondary N) is 2. The molecule has 146 valence electrons. The molecular formula is C20H23N5O2S. The fraction of sp³-hybridized carbons (Fsp3) is 0.300. The van der Waals surface area contributed by atoms with E-state index in [0.717, 1.165) is 33.4 Å². The number of methoxy groups -OCH3 is 1. The molecule has 0 radical (unpaired) electrons. The molecule has 0 aliphatic heterocycles. The van der Waals surface area contributed by atoms with Crippen LogP contribution in [-0.2, 0) is 0 Å². The molecule has 3 aromatic rings. The number of amides is 1. The van der Waals surface area contributed by atoms with Crippen molar-refractivity contribution < 1.29 is 9.53 Å². The van der Waals surface area contributed by atoms with Gasteiger partial charge in [0, 0.05) is 49.1 Å². The first-order chi connectivity index (χ1) is 13.5. The van der Waals surface area contributed by atoms with E-state index in [0.29, 0.717) is 11.4 Å². The maximum atomic E-state index is 11.9. The Balaban J connectivity index is 1.72. The molecule has 7 nitrogen and oxygen atoms in total. The molecule has 0 bridgehead atoms. The Morgan fingerprint density at radius 2 is 2.07 bits per heavy atom. The zero-order valence-electron chi connectivity index (χ0n) is 16.3. The summed E-state index contributed by atoms with van der Waals surface area (Å²) in [6, 6.07) is 7.64. The van der Waals surface area contributed by atoms with Gasteiger partial charge in [0.1, 0.15) is 17.9 Å². The Labute approximate surface area is 168 Å². The van der Waals surface area contributed by atoms with Gasteiger partial charge in [-0.1, -0.05) is 6.92 Å². The number of carbonyl (C=O) groups is 1. The summed E-state index contributed by atoms with van der Waals surface area (Å²) in [6.07, 6.45) is 3.35. The number of thiophene rings is 1. The molecule has 0 fully saturated rings. The lowest BCUT2D eigenvalue weighted by atomic mass is 10.1. The third-order valence-electron chi connectivity index (χ3n) is 4.31. The number of hydrogen-bond acceptors (Lipinski definition) is 7. The minimum Gasteiger partial charge on any atom is -0.496 e. The molecular weight excluding hydrogens is 374 g/mol. The van der Waals surface area contributed by atoms with Gasteiger partial charge in [-0.15, -0.1) is 11.3 Å². The Kier molecular flexibility index (Phi) is 6.20. The molecule has 1 atom stereocenters. The fourth-order valence-electron chi connectivity index (χ4n) is 2.71. The highest BCUT2D eigenvalue weighted by Gasteiger charge is 2.19. The molecule has 0 saturated carbocycles. The number of aryl methyl sites for hydroxylation is 1. The molecule has 0 aliphatic carbocycles. The standard InChI is InChI=1S/C20H23N5O2S/c1-12(19-16(27-4)8-17(28-19)20(26)21-3)9-23-18-7-15(24-11-25-18)14-6-5-13(2)22-10-14/h5-8,10-12H,9H2,1-4H3,(H,21,26)(H,23,24,25). The first-order valence-corrected chi connectivity index (χ1v) is 9.72. The second kappa shape index (κ2) is 8.79. The summed E-state index contributed by atoms with van der Waals surface area (Å²) < 4.78 is 5.45. The molecule has 3 aromatic heterocycles. The van der Waals surface area contributed by atoms with E-state index in [4.69, 9.17) is 4.74 Å². The van der Waals surface area contributed by atoms with Crippen LogP contribution in [0.1, 0.15) is 33.1 Å². The number of aromatic nitrogens is 3. The Morgan fingerprint density at radius 1 is 1.25 bits per heavy atom. The van der Waals surface area contributed by atoms with Gasteiger partial charge in [0.15, 0.2) is 0 Å². The smallest absolute Gasteiger partial charge is 0.261 e. The van der Waals surface area contributed by atoms with Crippen molar-refractivity contribution in [2.45, 2.75) is 19.8 Å². The van der Waals surface area contributed by atoms with Crippen LogP contribution in [0.15, 0.2) is 36.8 Å². The van der Waals surface area contributed by atoms with Gasteiger partial charge in [0.2, 0.25) is 0 Å².